The van der Waals surface area contributed by atoms with Gasteiger partial charge in [-0.05, 0) is 24.5 Å². The molecule has 0 aromatic carbocycles. The average molecular weight is 414 g/mol. The Morgan fingerprint density at radius 2 is 2.00 bits per heavy atom. The normalized spacial score (nSPS) is 14.8. The third-order valence-corrected chi connectivity index (χ3v) is 5.80. The van der Waals surface area contributed by atoms with Crippen molar-refractivity contribution in [3.8, 4) is 11.1 Å². The molecule has 0 unspecified atom stereocenters. The predicted octanol–water partition coefficient (Wildman–Crippen LogP) is 1.23. The Morgan fingerprint density at radius 3 is 2.90 bits per heavy atom. The molecule has 0 atom stereocenters. The molecule has 0 saturated heterocycles. The first-order valence-corrected chi connectivity index (χ1v) is 9.96. The molecule has 4 N–H and O–H groups in total. The van der Waals surface area contributed by atoms with Gasteiger partial charge in [0.25, 0.3) is 5.56 Å². The van der Waals surface area contributed by atoms with Crippen molar-refractivity contribution in [2.45, 2.75) is 25.9 Å². The lowest BCUT2D eigenvalue weighted by molar-refractivity contribution is 0.838. The standard InChI is InChI=1S/C21H18N8O2/c22-17-6-18(28-9-14-16(10-28)25-21(31)27-20(14)30)26-19-13(8-24-29(17)19)12-5-11-3-1-2-4-15(11)23-7-12/h1,3,5-8H,2,4,9-10,22H2,(H2,25,27,30,31). The van der Waals surface area contributed by atoms with Crippen LogP contribution in [-0.2, 0) is 19.5 Å². The van der Waals surface area contributed by atoms with E-state index >= 15 is 0 Å². The summed E-state index contributed by atoms with van der Waals surface area (Å²) < 4.78 is 1.59. The lowest BCUT2D eigenvalue weighted by atomic mass is 10.00. The number of fused-ring (bicyclic) bond motifs is 3. The fourth-order valence-electron chi connectivity index (χ4n) is 4.24. The molecule has 1 aliphatic heterocycles. The van der Waals surface area contributed by atoms with Gasteiger partial charge < -0.3 is 15.6 Å². The summed E-state index contributed by atoms with van der Waals surface area (Å²) in [5.41, 5.74) is 11.0. The Morgan fingerprint density at radius 1 is 1.10 bits per heavy atom. The van der Waals surface area contributed by atoms with Gasteiger partial charge in [-0.15, -0.1) is 0 Å². The van der Waals surface area contributed by atoms with Crippen LogP contribution in [0.3, 0.4) is 0 Å². The van der Waals surface area contributed by atoms with Gasteiger partial charge in [0.2, 0.25) is 0 Å². The summed E-state index contributed by atoms with van der Waals surface area (Å²) in [6, 6.07) is 3.81. The molecule has 4 aromatic heterocycles. The third kappa shape index (κ3) is 2.75. The molecule has 5 heterocycles. The largest absolute Gasteiger partial charge is 0.383 e. The number of aromatic amines is 2. The van der Waals surface area contributed by atoms with Crippen molar-refractivity contribution in [3.63, 3.8) is 0 Å². The number of hydrogen-bond donors (Lipinski definition) is 3. The number of nitrogens with one attached hydrogen (secondary N) is 2. The van der Waals surface area contributed by atoms with Gasteiger partial charge in [0.1, 0.15) is 11.6 Å². The Hall–Kier alpha value is -4.21. The highest BCUT2D eigenvalue weighted by molar-refractivity contribution is 5.80. The van der Waals surface area contributed by atoms with E-state index in [4.69, 9.17) is 10.7 Å². The molecule has 154 valence electrons. The zero-order valence-corrected chi connectivity index (χ0v) is 16.4. The average Bonchev–Trinajstić information content (AvgIpc) is 3.38. The summed E-state index contributed by atoms with van der Waals surface area (Å²) in [6.45, 7) is 0.699. The van der Waals surface area contributed by atoms with E-state index in [9.17, 15) is 9.59 Å². The molecule has 4 aromatic rings. The van der Waals surface area contributed by atoms with Crippen LogP contribution in [0.1, 0.15) is 28.9 Å². The number of H-pyrrole nitrogens is 2. The molecule has 0 fully saturated rings. The number of hydrogen-bond acceptors (Lipinski definition) is 7. The summed E-state index contributed by atoms with van der Waals surface area (Å²) in [5, 5.41) is 4.40. The summed E-state index contributed by atoms with van der Waals surface area (Å²) in [7, 11) is 0. The van der Waals surface area contributed by atoms with E-state index < -0.39 is 5.69 Å². The lowest BCUT2D eigenvalue weighted by Crippen LogP contribution is -2.25. The summed E-state index contributed by atoms with van der Waals surface area (Å²) >= 11 is 0. The molecule has 0 radical (unpaired) electrons. The van der Waals surface area contributed by atoms with Crippen LogP contribution >= 0.6 is 0 Å². The van der Waals surface area contributed by atoms with Crippen molar-refractivity contribution in [1.82, 2.24) is 29.5 Å². The third-order valence-electron chi connectivity index (χ3n) is 5.80. The van der Waals surface area contributed by atoms with Crippen LogP contribution in [0.5, 0.6) is 0 Å². The maximum Gasteiger partial charge on any atom is 0.325 e. The van der Waals surface area contributed by atoms with E-state index in [1.807, 2.05) is 11.1 Å². The van der Waals surface area contributed by atoms with Crippen molar-refractivity contribution in [3.05, 3.63) is 74.0 Å². The highest BCUT2D eigenvalue weighted by atomic mass is 16.2. The molecule has 10 heteroatoms. The van der Waals surface area contributed by atoms with Crippen LogP contribution in [0.4, 0.5) is 11.6 Å². The minimum absolute atomic E-state index is 0.332. The topological polar surface area (TPSA) is 138 Å². The number of nitrogen functional groups attached to an aromatic ring is 1. The number of nitrogens with zero attached hydrogens (tertiary/aromatic N) is 5. The van der Waals surface area contributed by atoms with E-state index in [0.717, 1.165) is 35.2 Å². The molecular weight excluding hydrogens is 396 g/mol. The smallest absolute Gasteiger partial charge is 0.325 e. The molecule has 31 heavy (non-hydrogen) atoms. The van der Waals surface area contributed by atoms with Gasteiger partial charge >= 0.3 is 5.69 Å². The number of aryl methyl sites for hydroxylation is 1. The van der Waals surface area contributed by atoms with Crippen LogP contribution < -0.4 is 21.9 Å². The van der Waals surface area contributed by atoms with Gasteiger partial charge in [-0.25, -0.2) is 9.78 Å². The van der Waals surface area contributed by atoms with E-state index in [-0.39, 0.29) is 5.56 Å². The summed E-state index contributed by atoms with van der Waals surface area (Å²) in [6.07, 6.45) is 9.76. The Labute approximate surface area is 175 Å². The minimum atomic E-state index is -0.513. The van der Waals surface area contributed by atoms with Gasteiger partial charge in [0.15, 0.2) is 5.65 Å². The van der Waals surface area contributed by atoms with Gasteiger partial charge in [-0.1, -0.05) is 12.2 Å². The van der Waals surface area contributed by atoms with Gasteiger partial charge in [0, 0.05) is 34.8 Å². The Kier molecular flexibility index (Phi) is 3.64. The monoisotopic (exact) mass is 414 g/mol. The number of pyridine rings is 1. The van der Waals surface area contributed by atoms with Crippen molar-refractivity contribution in [1.29, 1.82) is 0 Å². The van der Waals surface area contributed by atoms with E-state index in [1.165, 1.54) is 0 Å². The van der Waals surface area contributed by atoms with Crippen molar-refractivity contribution in [2.75, 3.05) is 10.6 Å². The fourth-order valence-corrected chi connectivity index (χ4v) is 4.24. The first kappa shape index (κ1) is 17.6. The van der Waals surface area contributed by atoms with E-state index in [0.29, 0.717) is 41.6 Å². The highest BCUT2D eigenvalue weighted by Gasteiger charge is 2.25. The number of rotatable bonds is 2. The second kappa shape index (κ2) is 6.39. The minimum Gasteiger partial charge on any atom is -0.383 e. The summed E-state index contributed by atoms with van der Waals surface area (Å²) in [4.78, 5) is 40.0. The SMILES string of the molecule is Nc1cc(N2Cc3[nH]c(=O)[nH]c(=O)c3C2)nc2c(-c3cnc4c(c3)C=CCC4)cnn12. The number of aromatic nitrogens is 6. The molecule has 0 saturated carbocycles. The first-order valence-electron chi connectivity index (χ1n) is 9.96. The van der Waals surface area contributed by atoms with Crippen molar-refractivity contribution < 1.29 is 0 Å². The first-order chi connectivity index (χ1) is 15.1. The molecule has 2 aliphatic rings. The molecular formula is C21H18N8O2. The zero-order valence-electron chi connectivity index (χ0n) is 16.4. The van der Waals surface area contributed by atoms with Crippen LogP contribution in [-0.4, -0.2) is 29.5 Å². The van der Waals surface area contributed by atoms with Gasteiger partial charge in [-0.3, -0.25) is 14.8 Å². The van der Waals surface area contributed by atoms with E-state index in [2.05, 4.69) is 38.3 Å². The molecule has 6 rings (SSSR count). The zero-order chi connectivity index (χ0) is 21.1. The maximum atomic E-state index is 12.1. The van der Waals surface area contributed by atoms with Crippen LogP contribution in [0.15, 0.2) is 40.2 Å². The lowest BCUT2D eigenvalue weighted by Gasteiger charge is -2.17. The second-order valence-electron chi connectivity index (χ2n) is 7.76. The summed E-state index contributed by atoms with van der Waals surface area (Å²) in [5.74, 6) is 1.03. The molecule has 0 spiro atoms. The van der Waals surface area contributed by atoms with Crippen molar-refractivity contribution in [2.24, 2.45) is 0 Å². The molecule has 1 aliphatic carbocycles. The quantitative estimate of drug-likeness (QED) is 0.448. The highest BCUT2D eigenvalue weighted by Crippen LogP contribution is 2.31. The number of nitrogens with two attached hydrogens (primary N) is 1. The molecule has 10 nitrogen and oxygen atoms in total. The maximum absolute atomic E-state index is 12.1. The van der Waals surface area contributed by atoms with Crippen LogP contribution in [0.25, 0.3) is 22.9 Å². The number of allylic oxidation sites excluding steroid dienone is 1. The van der Waals surface area contributed by atoms with Crippen LogP contribution in [0.2, 0.25) is 0 Å². The van der Waals surface area contributed by atoms with Gasteiger partial charge in [0.05, 0.1) is 24.8 Å². The van der Waals surface area contributed by atoms with E-state index in [1.54, 1.807) is 16.8 Å². The second-order valence-corrected chi connectivity index (χ2v) is 7.76. The Bertz CT molecular complexity index is 1510. The van der Waals surface area contributed by atoms with Crippen LogP contribution in [0, 0.1) is 0 Å². The molecule has 0 bridgehead atoms. The molecule has 0 amide bonds. The van der Waals surface area contributed by atoms with Crippen molar-refractivity contribution >= 4 is 23.4 Å². The fraction of sp³-hybridized carbons (Fsp3) is 0.190. The number of anilines is 2. The Balaban J connectivity index is 1.45. The predicted molar refractivity (Wildman–Crippen MR) is 116 cm³/mol. The van der Waals surface area contributed by atoms with Gasteiger partial charge in [-0.2, -0.15) is 9.61 Å².